The van der Waals surface area contributed by atoms with Gasteiger partial charge in [0.05, 0.1) is 6.61 Å². The fourth-order valence-electron chi connectivity index (χ4n) is 2.00. The second-order valence-corrected chi connectivity index (χ2v) is 4.77. The Labute approximate surface area is 115 Å². The zero-order valence-corrected chi connectivity index (χ0v) is 11.4. The van der Waals surface area contributed by atoms with Gasteiger partial charge in [-0.2, -0.15) is 0 Å². The molecule has 0 aliphatic rings. The predicted octanol–water partition coefficient (Wildman–Crippen LogP) is 3.90. The van der Waals surface area contributed by atoms with Gasteiger partial charge in [0.2, 0.25) is 0 Å². The first-order valence-electron chi connectivity index (χ1n) is 6.80. The van der Waals surface area contributed by atoms with E-state index >= 15 is 0 Å². The van der Waals surface area contributed by atoms with Crippen molar-refractivity contribution in [2.75, 3.05) is 6.54 Å². The number of hydroxylamine groups is 1. The third-order valence-electron chi connectivity index (χ3n) is 3.23. The van der Waals surface area contributed by atoms with Crippen molar-refractivity contribution in [1.82, 2.24) is 5.48 Å². The second kappa shape index (κ2) is 7.72. The minimum absolute atomic E-state index is 0.550. The number of rotatable bonds is 7. The summed E-state index contributed by atoms with van der Waals surface area (Å²) in [5.41, 5.74) is 5.60. The molecule has 0 radical (unpaired) electrons. The Morgan fingerprint density at radius 2 is 1.58 bits per heavy atom. The molecule has 1 unspecified atom stereocenters. The van der Waals surface area contributed by atoms with Crippen LogP contribution >= 0.6 is 0 Å². The van der Waals surface area contributed by atoms with E-state index in [9.17, 15) is 0 Å². The predicted molar refractivity (Wildman–Crippen MR) is 78.7 cm³/mol. The summed E-state index contributed by atoms with van der Waals surface area (Å²) in [5.74, 6) is 0.550. The Hall–Kier alpha value is -1.64. The van der Waals surface area contributed by atoms with E-state index in [4.69, 9.17) is 4.84 Å². The van der Waals surface area contributed by atoms with E-state index < -0.39 is 0 Å². The molecule has 2 nitrogen and oxygen atoms in total. The van der Waals surface area contributed by atoms with Crippen molar-refractivity contribution in [1.29, 1.82) is 0 Å². The van der Waals surface area contributed by atoms with Crippen molar-refractivity contribution >= 4 is 0 Å². The van der Waals surface area contributed by atoms with Crippen molar-refractivity contribution < 1.29 is 4.84 Å². The van der Waals surface area contributed by atoms with Crippen LogP contribution in [0, 0.1) is 0 Å². The summed E-state index contributed by atoms with van der Waals surface area (Å²) < 4.78 is 0. The summed E-state index contributed by atoms with van der Waals surface area (Å²) in [5, 5.41) is 0. The van der Waals surface area contributed by atoms with Gasteiger partial charge in [-0.25, -0.2) is 5.48 Å². The third kappa shape index (κ3) is 4.86. The van der Waals surface area contributed by atoms with Crippen LogP contribution in [-0.4, -0.2) is 6.54 Å². The lowest BCUT2D eigenvalue weighted by Gasteiger charge is -2.12. The molecule has 2 rings (SSSR count). The lowest BCUT2D eigenvalue weighted by atomic mass is 9.98. The van der Waals surface area contributed by atoms with E-state index in [1.165, 1.54) is 11.1 Å². The van der Waals surface area contributed by atoms with Crippen LogP contribution in [0.25, 0.3) is 0 Å². The van der Waals surface area contributed by atoms with Gasteiger partial charge in [0.1, 0.15) is 0 Å². The molecule has 0 aromatic heterocycles. The third-order valence-corrected chi connectivity index (χ3v) is 3.23. The molecule has 0 bridgehead atoms. The molecule has 2 aromatic carbocycles. The average Bonchev–Trinajstić information content (AvgIpc) is 2.49. The van der Waals surface area contributed by atoms with Gasteiger partial charge in [-0.05, 0) is 23.5 Å². The summed E-state index contributed by atoms with van der Waals surface area (Å²) in [6, 6.07) is 20.8. The van der Waals surface area contributed by atoms with E-state index in [1.54, 1.807) is 0 Å². The van der Waals surface area contributed by atoms with E-state index in [0.29, 0.717) is 12.5 Å². The maximum absolute atomic E-state index is 5.46. The summed E-state index contributed by atoms with van der Waals surface area (Å²) in [4.78, 5) is 5.46. The first kappa shape index (κ1) is 13.8. The standard InChI is InChI=1S/C17H21NO/c1-15(17-10-6-3-7-11-17)12-13-18-19-14-16-8-4-2-5-9-16/h2-11,15,18H,12-14H2,1H3. The van der Waals surface area contributed by atoms with Crippen molar-refractivity contribution in [2.24, 2.45) is 0 Å². The first-order valence-corrected chi connectivity index (χ1v) is 6.80. The van der Waals surface area contributed by atoms with Crippen LogP contribution in [-0.2, 0) is 11.4 Å². The van der Waals surface area contributed by atoms with Gasteiger partial charge in [-0.1, -0.05) is 67.6 Å². The number of benzene rings is 2. The Morgan fingerprint density at radius 1 is 0.947 bits per heavy atom. The van der Waals surface area contributed by atoms with Crippen molar-refractivity contribution in [2.45, 2.75) is 25.9 Å². The summed E-state index contributed by atoms with van der Waals surface area (Å²) in [6.45, 7) is 3.72. The lowest BCUT2D eigenvalue weighted by Crippen LogP contribution is -2.17. The number of hydrogen-bond donors (Lipinski definition) is 1. The molecular formula is C17H21NO. The smallest absolute Gasteiger partial charge is 0.0933 e. The number of nitrogens with one attached hydrogen (secondary N) is 1. The van der Waals surface area contributed by atoms with Crippen molar-refractivity contribution in [3.8, 4) is 0 Å². The quantitative estimate of drug-likeness (QED) is 0.598. The molecule has 0 aliphatic heterocycles. The summed E-state index contributed by atoms with van der Waals surface area (Å²) in [6.07, 6.45) is 1.07. The molecule has 0 spiro atoms. The zero-order chi connectivity index (χ0) is 13.3. The topological polar surface area (TPSA) is 21.3 Å². The van der Waals surface area contributed by atoms with Crippen molar-refractivity contribution in [3.63, 3.8) is 0 Å². The fraction of sp³-hybridized carbons (Fsp3) is 0.294. The van der Waals surface area contributed by atoms with E-state index in [2.05, 4.69) is 54.9 Å². The van der Waals surface area contributed by atoms with Crippen LogP contribution in [0.4, 0.5) is 0 Å². The molecule has 0 amide bonds. The van der Waals surface area contributed by atoms with Gasteiger partial charge in [0, 0.05) is 6.54 Å². The van der Waals surface area contributed by atoms with Crippen LogP contribution in [0.2, 0.25) is 0 Å². The molecule has 0 fully saturated rings. The Kier molecular flexibility index (Phi) is 5.60. The lowest BCUT2D eigenvalue weighted by molar-refractivity contribution is 0.0268. The van der Waals surface area contributed by atoms with Gasteiger partial charge < -0.3 is 0 Å². The molecule has 1 N–H and O–H groups in total. The van der Waals surface area contributed by atoms with Crippen LogP contribution in [0.3, 0.4) is 0 Å². The molecular weight excluding hydrogens is 234 g/mol. The molecule has 2 heteroatoms. The highest BCUT2D eigenvalue weighted by Crippen LogP contribution is 2.17. The van der Waals surface area contributed by atoms with E-state index in [1.807, 2.05) is 18.2 Å². The van der Waals surface area contributed by atoms with Crippen LogP contribution in [0.15, 0.2) is 60.7 Å². The highest BCUT2D eigenvalue weighted by molar-refractivity contribution is 5.18. The Balaban J connectivity index is 1.62. The monoisotopic (exact) mass is 255 g/mol. The molecule has 0 saturated carbocycles. The summed E-state index contributed by atoms with van der Waals surface area (Å²) in [7, 11) is 0. The molecule has 1 atom stereocenters. The molecule has 2 aromatic rings. The normalized spacial score (nSPS) is 12.3. The van der Waals surface area contributed by atoms with E-state index in [0.717, 1.165) is 13.0 Å². The summed E-state index contributed by atoms with van der Waals surface area (Å²) >= 11 is 0. The average molecular weight is 255 g/mol. The van der Waals surface area contributed by atoms with Gasteiger partial charge in [0.15, 0.2) is 0 Å². The van der Waals surface area contributed by atoms with Crippen LogP contribution in [0.5, 0.6) is 0 Å². The van der Waals surface area contributed by atoms with Crippen molar-refractivity contribution in [3.05, 3.63) is 71.8 Å². The Bertz CT molecular complexity index is 455. The largest absolute Gasteiger partial charge is 0.297 e. The van der Waals surface area contributed by atoms with Gasteiger partial charge in [-0.3, -0.25) is 4.84 Å². The van der Waals surface area contributed by atoms with Gasteiger partial charge in [-0.15, -0.1) is 0 Å². The SMILES string of the molecule is CC(CCNOCc1ccccc1)c1ccccc1. The van der Waals surface area contributed by atoms with Crippen LogP contribution < -0.4 is 5.48 Å². The van der Waals surface area contributed by atoms with Gasteiger partial charge in [0.25, 0.3) is 0 Å². The van der Waals surface area contributed by atoms with Gasteiger partial charge >= 0.3 is 0 Å². The minimum Gasteiger partial charge on any atom is -0.297 e. The fourth-order valence-corrected chi connectivity index (χ4v) is 2.00. The molecule has 0 aliphatic carbocycles. The number of hydrogen-bond acceptors (Lipinski definition) is 2. The van der Waals surface area contributed by atoms with E-state index in [-0.39, 0.29) is 0 Å². The maximum atomic E-state index is 5.46. The zero-order valence-electron chi connectivity index (χ0n) is 11.4. The second-order valence-electron chi connectivity index (χ2n) is 4.77. The van der Waals surface area contributed by atoms with Crippen LogP contribution in [0.1, 0.15) is 30.4 Å². The highest BCUT2D eigenvalue weighted by Gasteiger charge is 2.03. The molecule has 0 saturated heterocycles. The maximum Gasteiger partial charge on any atom is 0.0933 e. The molecule has 19 heavy (non-hydrogen) atoms. The first-order chi connectivity index (χ1) is 9.36. The minimum atomic E-state index is 0.550. The molecule has 100 valence electrons. The molecule has 0 heterocycles. The Morgan fingerprint density at radius 3 is 2.26 bits per heavy atom. The highest BCUT2D eigenvalue weighted by atomic mass is 16.6.